The summed E-state index contributed by atoms with van der Waals surface area (Å²) in [4.78, 5) is 9.33. The lowest BCUT2D eigenvalue weighted by molar-refractivity contribution is 0.103. The number of rotatable bonds is 10. The quantitative estimate of drug-likeness (QED) is 0.380. The van der Waals surface area contributed by atoms with Crippen LogP contribution < -0.4 is 4.84 Å². The predicted molar refractivity (Wildman–Crippen MR) is 121 cm³/mol. The summed E-state index contributed by atoms with van der Waals surface area (Å²) in [6.07, 6.45) is 2.95. The minimum absolute atomic E-state index is 0.218. The number of hydrogen-bond donors (Lipinski definition) is 3. The number of aromatic nitrogens is 1. The Morgan fingerprint density at radius 2 is 1.63 bits per heavy atom. The van der Waals surface area contributed by atoms with Crippen molar-refractivity contribution < 1.29 is 14.6 Å². The van der Waals surface area contributed by atoms with Crippen LogP contribution in [0.2, 0.25) is 0 Å². The molecule has 0 aliphatic rings. The summed E-state index contributed by atoms with van der Waals surface area (Å²) in [6, 6.07) is 16.6. The summed E-state index contributed by atoms with van der Waals surface area (Å²) < 4.78 is 5.52. The Bertz CT molecular complexity index is 914. The minimum atomic E-state index is -0.865. The highest BCUT2D eigenvalue weighted by molar-refractivity contribution is 7.99. The molecule has 7 heteroatoms. The lowest BCUT2D eigenvalue weighted by Crippen LogP contribution is -2.47. The fraction of sp³-hybridized carbons (Fsp3) is 0.348. The van der Waals surface area contributed by atoms with Gasteiger partial charge in [-0.15, -0.1) is 0 Å². The van der Waals surface area contributed by atoms with Gasteiger partial charge in [0.15, 0.2) is 5.89 Å². The number of nitrogens with one attached hydrogen (secondary N) is 1. The molecule has 0 aliphatic carbocycles. The molecule has 0 radical (unpaired) electrons. The highest BCUT2D eigenvalue weighted by atomic mass is 35.5. The molecule has 0 aliphatic heterocycles. The molecule has 1 aromatic heterocycles. The third-order valence-electron chi connectivity index (χ3n) is 5.02. The van der Waals surface area contributed by atoms with Crippen molar-refractivity contribution in [1.82, 2.24) is 9.82 Å². The Labute approximate surface area is 186 Å². The SMILES string of the molecule is CC(C)c1nc(-c2ccc(Sc3ccc(CCC(CO)(CO)NCl)cc3)cc2)co1. The first-order valence-corrected chi connectivity index (χ1v) is 11.1. The van der Waals surface area contributed by atoms with E-state index in [-0.39, 0.29) is 19.1 Å². The maximum atomic E-state index is 9.46. The zero-order valence-corrected chi connectivity index (χ0v) is 18.7. The summed E-state index contributed by atoms with van der Waals surface area (Å²) >= 11 is 7.38. The van der Waals surface area contributed by atoms with E-state index in [0.717, 1.165) is 32.5 Å². The summed E-state index contributed by atoms with van der Waals surface area (Å²) in [5, 5.41) is 18.9. The highest BCUT2D eigenvalue weighted by Gasteiger charge is 2.27. The van der Waals surface area contributed by atoms with Gasteiger partial charge >= 0.3 is 0 Å². The van der Waals surface area contributed by atoms with Crippen LogP contribution in [0.25, 0.3) is 11.3 Å². The average molecular weight is 447 g/mol. The van der Waals surface area contributed by atoms with Crippen molar-refractivity contribution in [3.05, 3.63) is 66.2 Å². The molecule has 5 nitrogen and oxygen atoms in total. The molecular formula is C23H27ClN2O3S. The van der Waals surface area contributed by atoms with Crippen molar-refractivity contribution in [2.24, 2.45) is 0 Å². The second-order valence-electron chi connectivity index (χ2n) is 7.69. The van der Waals surface area contributed by atoms with Crippen molar-refractivity contribution in [2.75, 3.05) is 13.2 Å². The lowest BCUT2D eigenvalue weighted by atomic mass is 9.94. The minimum Gasteiger partial charge on any atom is -0.448 e. The number of aliphatic hydroxyl groups is 2. The van der Waals surface area contributed by atoms with Gasteiger partial charge in [-0.1, -0.05) is 49.9 Å². The molecule has 0 unspecified atom stereocenters. The molecule has 0 bridgehead atoms. The highest BCUT2D eigenvalue weighted by Crippen LogP contribution is 2.30. The van der Waals surface area contributed by atoms with Crippen molar-refractivity contribution in [3.63, 3.8) is 0 Å². The van der Waals surface area contributed by atoms with E-state index in [1.54, 1.807) is 18.0 Å². The number of nitrogens with zero attached hydrogens (tertiary/aromatic N) is 1. The number of aryl methyl sites for hydroxylation is 1. The Morgan fingerprint density at radius 3 is 2.13 bits per heavy atom. The summed E-state index contributed by atoms with van der Waals surface area (Å²) in [5.41, 5.74) is 2.15. The maximum Gasteiger partial charge on any atom is 0.197 e. The van der Waals surface area contributed by atoms with Crippen molar-refractivity contribution >= 4 is 23.5 Å². The Morgan fingerprint density at radius 1 is 1.03 bits per heavy atom. The number of aliphatic hydroxyl groups excluding tert-OH is 2. The Hall–Kier alpha value is -1.83. The van der Waals surface area contributed by atoms with Gasteiger partial charge < -0.3 is 14.6 Å². The van der Waals surface area contributed by atoms with E-state index in [4.69, 9.17) is 16.2 Å². The molecule has 0 saturated heterocycles. The first kappa shape index (κ1) is 22.8. The van der Waals surface area contributed by atoms with Crippen LogP contribution in [0, 0.1) is 0 Å². The molecule has 3 rings (SSSR count). The number of hydrogen-bond acceptors (Lipinski definition) is 6. The fourth-order valence-electron chi connectivity index (χ4n) is 2.94. The third kappa shape index (κ3) is 5.65. The van der Waals surface area contributed by atoms with Gasteiger partial charge in [0.1, 0.15) is 12.0 Å². The van der Waals surface area contributed by atoms with Crippen molar-refractivity contribution in [1.29, 1.82) is 0 Å². The van der Waals surface area contributed by atoms with Crippen LogP contribution in [-0.4, -0.2) is 33.9 Å². The topological polar surface area (TPSA) is 78.5 Å². The molecule has 2 aromatic carbocycles. The normalized spacial score (nSPS) is 11.9. The monoisotopic (exact) mass is 446 g/mol. The fourth-order valence-corrected chi connectivity index (χ4v) is 3.97. The van der Waals surface area contributed by atoms with Crippen LogP contribution in [0.4, 0.5) is 0 Å². The molecular weight excluding hydrogens is 420 g/mol. The van der Waals surface area contributed by atoms with Crippen LogP contribution in [-0.2, 0) is 6.42 Å². The van der Waals surface area contributed by atoms with Crippen molar-refractivity contribution in [2.45, 2.75) is 47.9 Å². The molecule has 30 heavy (non-hydrogen) atoms. The molecule has 3 N–H and O–H groups in total. The van der Waals surface area contributed by atoms with E-state index in [2.05, 4.69) is 72.2 Å². The van der Waals surface area contributed by atoms with Gasteiger partial charge in [0.25, 0.3) is 0 Å². The van der Waals surface area contributed by atoms with Gasteiger partial charge in [0.2, 0.25) is 0 Å². The van der Waals surface area contributed by atoms with E-state index in [0.29, 0.717) is 12.8 Å². The van der Waals surface area contributed by atoms with E-state index >= 15 is 0 Å². The van der Waals surface area contributed by atoms with Crippen molar-refractivity contribution in [3.8, 4) is 11.3 Å². The molecule has 0 saturated carbocycles. The van der Waals surface area contributed by atoms with Gasteiger partial charge in [0, 0.05) is 21.3 Å². The smallest absolute Gasteiger partial charge is 0.197 e. The van der Waals surface area contributed by atoms with E-state index in [1.807, 2.05) is 0 Å². The van der Waals surface area contributed by atoms with Crippen LogP contribution in [0.3, 0.4) is 0 Å². The summed E-state index contributed by atoms with van der Waals surface area (Å²) in [5.74, 6) is 1.02. The van der Waals surface area contributed by atoms with E-state index in [9.17, 15) is 10.2 Å². The van der Waals surface area contributed by atoms with Gasteiger partial charge in [0.05, 0.1) is 18.8 Å². The van der Waals surface area contributed by atoms with E-state index < -0.39 is 5.54 Å². The van der Waals surface area contributed by atoms with Crippen LogP contribution >= 0.6 is 23.5 Å². The summed E-state index contributed by atoms with van der Waals surface area (Å²) in [7, 11) is 0. The zero-order valence-electron chi connectivity index (χ0n) is 17.1. The molecule has 0 atom stereocenters. The van der Waals surface area contributed by atoms with Gasteiger partial charge in [-0.3, -0.25) is 0 Å². The predicted octanol–water partition coefficient (Wildman–Crippen LogP) is 5.02. The average Bonchev–Trinajstić information content (AvgIpc) is 3.27. The first-order valence-electron chi connectivity index (χ1n) is 9.91. The van der Waals surface area contributed by atoms with E-state index in [1.165, 1.54) is 0 Å². The molecule has 0 fully saturated rings. The summed E-state index contributed by atoms with van der Waals surface area (Å²) in [6.45, 7) is 3.68. The molecule has 3 aromatic rings. The third-order valence-corrected chi connectivity index (χ3v) is 6.44. The van der Waals surface area contributed by atoms with Gasteiger partial charge in [-0.05, 0) is 54.4 Å². The molecule has 160 valence electrons. The molecule has 0 spiro atoms. The maximum absolute atomic E-state index is 9.46. The largest absolute Gasteiger partial charge is 0.448 e. The molecule has 0 amide bonds. The van der Waals surface area contributed by atoms with Gasteiger partial charge in [-0.25, -0.2) is 9.82 Å². The Kier molecular flexibility index (Phi) is 7.97. The number of halogens is 1. The Balaban J connectivity index is 1.60. The number of benzene rings is 2. The van der Waals surface area contributed by atoms with Crippen LogP contribution in [0.5, 0.6) is 0 Å². The molecule has 1 heterocycles. The first-order chi connectivity index (χ1) is 14.5. The standard InChI is InChI=1S/C23H27ClN2O3S/c1-16(2)22-25-21(13-29-22)18-5-9-20(10-6-18)30-19-7-3-17(4-8-19)11-12-23(14-27,15-28)26-24/h3-10,13,16,26-28H,11-12,14-15H2,1-2H3. The van der Waals surface area contributed by atoms with Gasteiger partial charge in [-0.2, -0.15) is 0 Å². The zero-order chi connectivity index (χ0) is 21.6. The second kappa shape index (κ2) is 10.5. The lowest BCUT2D eigenvalue weighted by Gasteiger charge is -2.27. The second-order valence-corrected chi connectivity index (χ2v) is 9.02. The van der Waals surface area contributed by atoms with Crippen LogP contribution in [0.1, 0.15) is 37.6 Å². The van der Waals surface area contributed by atoms with Crippen LogP contribution in [0.15, 0.2) is 69.0 Å². The number of oxazole rings is 1.